The first-order valence-corrected chi connectivity index (χ1v) is 26.5. The van der Waals surface area contributed by atoms with Gasteiger partial charge in [0.25, 0.3) is 0 Å². The van der Waals surface area contributed by atoms with E-state index in [-0.39, 0.29) is 10.8 Å². The molecule has 4 aliphatic rings. The van der Waals surface area contributed by atoms with Crippen LogP contribution in [0.3, 0.4) is 0 Å². The van der Waals surface area contributed by atoms with E-state index in [0.29, 0.717) is 0 Å². The van der Waals surface area contributed by atoms with Gasteiger partial charge >= 0.3 is 0 Å². The Hall–Kier alpha value is -8.98. The zero-order valence-electron chi connectivity index (χ0n) is 42.6. The summed E-state index contributed by atoms with van der Waals surface area (Å²) in [4.78, 5) is 4.97. The van der Waals surface area contributed by atoms with Crippen molar-refractivity contribution < 1.29 is 0 Å². The molecule has 0 fully saturated rings. The van der Waals surface area contributed by atoms with Crippen LogP contribution >= 0.6 is 0 Å². The zero-order chi connectivity index (χ0) is 50.2. The molecule has 0 saturated heterocycles. The zero-order valence-corrected chi connectivity index (χ0v) is 42.6. The largest absolute Gasteiger partial charge is 0.310 e. The minimum absolute atomic E-state index is 0.173. The molecule has 0 aliphatic heterocycles. The normalized spacial score (nSPS) is 14.7. The summed E-state index contributed by atoms with van der Waals surface area (Å²) in [6.07, 6.45) is 0. The molecule has 0 heterocycles. The van der Waals surface area contributed by atoms with Crippen LogP contribution in [0.2, 0.25) is 0 Å². The van der Waals surface area contributed by atoms with Crippen molar-refractivity contribution in [3.8, 4) is 55.6 Å². The maximum Gasteiger partial charge on any atom is 0.0725 e. The molecule has 2 nitrogen and oxygen atoms in total. The van der Waals surface area contributed by atoms with Crippen LogP contribution in [0.4, 0.5) is 34.1 Å². The van der Waals surface area contributed by atoms with Crippen LogP contribution < -0.4 is 9.80 Å². The molecule has 1 spiro atoms. The molecular formula is C73H54N2. The summed E-state index contributed by atoms with van der Waals surface area (Å²) < 4.78 is 0. The number of rotatable bonds is 7. The molecule has 0 radical (unpaired) electrons. The van der Waals surface area contributed by atoms with E-state index < -0.39 is 5.41 Å². The van der Waals surface area contributed by atoms with Gasteiger partial charge < -0.3 is 9.80 Å². The SMILES string of the molecule is CC1(C)c2ccccc2-c2ccc(N(c3ccccc3)c3cc(-c4cccc5c4-c4ccccc4C54c5ccccc5-c5ccccc54)cc(N(c4ccccc4)c4ccc5c(c4)C(C)(C)c4ccccc4-5)c3)cc21. The highest BCUT2D eigenvalue weighted by Gasteiger charge is 2.52. The van der Waals surface area contributed by atoms with E-state index >= 15 is 0 Å². The number of para-hydroxylation sites is 2. The van der Waals surface area contributed by atoms with Crippen molar-refractivity contribution in [1.82, 2.24) is 0 Å². The smallest absolute Gasteiger partial charge is 0.0725 e. The van der Waals surface area contributed by atoms with Crippen LogP contribution in [0.15, 0.2) is 255 Å². The van der Waals surface area contributed by atoms with Crippen molar-refractivity contribution in [1.29, 1.82) is 0 Å². The molecule has 0 unspecified atom stereocenters. The van der Waals surface area contributed by atoms with Crippen molar-refractivity contribution >= 4 is 34.1 Å². The van der Waals surface area contributed by atoms with Crippen LogP contribution in [0.1, 0.15) is 72.2 Å². The molecule has 0 bridgehead atoms. The highest BCUT2D eigenvalue weighted by Crippen LogP contribution is 2.64. The summed E-state index contributed by atoms with van der Waals surface area (Å²) in [5.74, 6) is 0. The first kappa shape index (κ1) is 43.6. The molecular weight excluding hydrogens is 905 g/mol. The Labute approximate surface area is 440 Å². The standard InChI is InChI=1S/C73H54N2/c1-71(2)62-32-16-11-26-55(62)59-40-38-50(45-68(59)71)74(48-22-7-5-8-23-48)52-42-47(43-53(44-52)75(49-24-9-6-10-25-49)51-39-41-60-56-27-12-17-33-63(56)72(3,4)69(60)46-51)54-31-21-37-67-70(54)61-30-15-20-36-66(61)73(67)64-34-18-13-28-57(64)58-29-14-19-35-65(58)73/h5-46H,1-4H3. The molecule has 15 rings (SSSR count). The molecule has 0 aromatic heterocycles. The summed E-state index contributed by atoms with van der Waals surface area (Å²) in [5.41, 5.74) is 29.3. The Morgan fingerprint density at radius 2 is 0.573 bits per heavy atom. The Kier molecular flexibility index (Phi) is 9.30. The topological polar surface area (TPSA) is 6.48 Å². The second-order valence-corrected chi connectivity index (χ2v) is 22.0. The maximum absolute atomic E-state index is 2.49. The fourth-order valence-electron chi connectivity index (χ4n) is 14.1. The van der Waals surface area contributed by atoms with E-state index in [4.69, 9.17) is 0 Å². The molecule has 356 valence electrons. The predicted octanol–water partition coefficient (Wildman–Crippen LogP) is 19.2. The molecule has 0 atom stereocenters. The van der Waals surface area contributed by atoms with Crippen molar-refractivity contribution in [2.75, 3.05) is 9.80 Å². The van der Waals surface area contributed by atoms with E-state index in [1.165, 1.54) is 94.6 Å². The highest BCUT2D eigenvalue weighted by molar-refractivity contribution is 6.01. The van der Waals surface area contributed by atoms with Gasteiger partial charge in [-0.15, -0.1) is 0 Å². The molecule has 4 aliphatic carbocycles. The number of benzene rings is 11. The fourth-order valence-corrected chi connectivity index (χ4v) is 14.1. The molecule has 0 amide bonds. The second-order valence-electron chi connectivity index (χ2n) is 22.0. The van der Waals surface area contributed by atoms with Crippen molar-refractivity contribution in [2.24, 2.45) is 0 Å². The van der Waals surface area contributed by atoms with Gasteiger partial charge in [0.2, 0.25) is 0 Å². The minimum Gasteiger partial charge on any atom is -0.310 e. The third kappa shape index (κ3) is 6.08. The molecule has 2 heteroatoms. The quantitative estimate of drug-likeness (QED) is 0.157. The van der Waals surface area contributed by atoms with E-state index in [2.05, 4.69) is 292 Å². The van der Waals surface area contributed by atoms with Crippen LogP contribution in [0.5, 0.6) is 0 Å². The molecule has 11 aromatic carbocycles. The summed E-state index contributed by atoms with van der Waals surface area (Å²) in [6.45, 7) is 9.51. The Morgan fingerprint density at radius 1 is 0.227 bits per heavy atom. The van der Waals surface area contributed by atoms with Gasteiger partial charge in [-0.2, -0.15) is 0 Å². The fraction of sp³-hybridized carbons (Fsp3) is 0.0959. The van der Waals surface area contributed by atoms with Crippen molar-refractivity contribution in [3.63, 3.8) is 0 Å². The lowest BCUT2D eigenvalue weighted by Gasteiger charge is -2.32. The molecule has 0 N–H and O–H groups in total. The summed E-state index contributed by atoms with van der Waals surface area (Å²) in [6, 6.07) is 95.9. The molecule has 0 saturated carbocycles. The number of anilines is 6. The first-order chi connectivity index (χ1) is 36.7. The van der Waals surface area contributed by atoms with Crippen LogP contribution in [-0.4, -0.2) is 0 Å². The van der Waals surface area contributed by atoms with E-state index in [0.717, 1.165) is 39.7 Å². The van der Waals surface area contributed by atoms with Gasteiger partial charge in [0.1, 0.15) is 0 Å². The van der Waals surface area contributed by atoms with Gasteiger partial charge in [-0.05, 0) is 167 Å². The van der Waals surface area contributed by atoms with Gasteiger partial charge in [-0.1, -0.05) is 216 Å². The monoisotopic (exact) mass is 958 g/mol. The summed E-state index contributed by atoms with van der Waals surface area (Å²) in [5, 5.41) is 0. The lowest BCUT2D eigenvalue weighted by atomic mass is 9.70. The lowest BCUT2D eigenvalue weighted by molar-refractivity contribution is 0.660. The highest BCUT2D eigenvalue weighted by atomic mass is 15.2. The first-order valence-electron chi connectivity index (χ1n) is 26.5. The number of nitrogens with zero attached hydrogens (tertiary/aromatic N) is 2. The van der Waals surface area contributed by atoms with Crippen molar-refractivity contribution in [3.05, 3.63) is 299 Å². The maximum atomic E-state index is 2.49. The van der Waals surface area contributed by atoms with Gasteiger partial charge in [-0.3, -0.25) is 0 Å². The van der Waals surface area contributed by atoms with E-state index in [9.17, 15) is 0 Å². The predicted molar refractivity (Wildman–Crippen MR) is 313 cm³/mol. The summed E-state index contributed by atoms with van der Waals surface area (Å²) in [7, 11) is 0. The van der Waals surface area contributed by atoms with Crippen LogP contribution in [0, 0.1) is 0 Å². The van der Waals surface area contributed by atoms with Gasteiger partial charge in [-0.25, -0.2) is 0 Å². The molecule has 75 heavy (non-hydrogen) atoms. The number of hydrogen-bond acceptors (Lipinski definition) is 2. The lowest BCUT2D eigenvalue weighted by Crippen LogP contribution is -2.25. The minimum atomic E-state index is -0.467. The second kappa shape index (κ2) is 16.0. The Morgan fingerprint density at radius 3 is 1.04 bits per heavy atom. The van der Waals surface area contributed by atoms with Crippen LogP contribution in [-0.2, 0) is 16.2 Å². The van der Waals surface area contributed by atoms with Crippen LogP contribution in [0.25, 0.3) is 55.6 Å². The molecule has 11 aromatic rings. The van der Waals surface area contributed by atoms with Crippen molar-refractivity contribution in [2.45, 2.75) is 43.9 Å². The number of hydrogen-bond donors (Lipinski definition) is 0. The Balaban J connectivity index is 1.01. The average Bonchev–Trinajstić information content (AvgIpc) is 4.29. The van der Waals surface area contributed by atoms with Gasteiger partial charge in [0.15, 0.2) is 0 Å². The Bertz CT molecular complexity index is 3930. The third-order valence-corrected chi connectivity index (χ3v) is 17.4. The average molecular weight is 959 g/mol. The third-order valence-electron chi connectivity index (χ3n) is 17.4. The summed E-state index contributed by atoms with van der Waals surface area (Å²) >= 11 is 0. The van der Waals surface area contributed by atoms with E-state index in [1.54, 1.807) is 0 Å². The number of fused-ring (bicyclic) bond motifs is 16. The van der Waals surface area contributed by atoms with Gasteiger partial charge in [0, 0.05) is 45.0 Å². The van der Waals surface area contributed by atoms with E-state index in [1.807, 2.05) is 0 Å². The van der Waals surface area contributed by atoms with Gasteiger partial charge in [0.05, 0.1) is 5.41 Å².